The second-order valence-electron chi connectivity index (χ2n) is 4.35. The molecule has 0 bridgehead atoms. The lowest BCUT2D eigenvalue weighted by Gasteiger charge is -2.27. The summed E-state index contributed by atoms with van der Waals surface area (Å²) >= 11 is 0. The highest BCUT2D eigenvalue weighted by molar-refractivity contribution is 5.41. The van der Waals surface area contributed by atoms with Crippen LogP contribution in [-0.4, -0.2) is 23.8 Å². The molecular formula is C14H17NO. The molecule has 2 rings (SSSR count). The molecule has 2 N–H and O–H groups in total. The number of benzene rings is 1. The van der Waals surface area contributed by atoms with Gasteiger partial charge in [0, 0.05) is 5.56 Å². The van der Waals surface area contributed by atoms with Crippen LogP contribution in [0.4, 0.5) is 0 Å². The van der Waals surface area contributed by atoms with Gasteiger partial charge in [0.2, 0.25) is 0 Å². The van der Waals surface area contributed by atoms with Crippen molar-refractivity contribution in [2.24, 2.45) is 0 Å². The molecule has 0 aromatic heterocycles. The Bertz CT molecular complexity index is 422. The molecule has 0 radical (unpaired) electrons. The quantitative estimate of drug-likeness (QED) is 0.642. The SMILES string of the molecule is Cc1ccccc1C#CC1(O)CCNCC1. The van der Waals surface area contributed by atoms with Crippen LogP contribution in [0.2, 0.25) is 0 Å². The average Bonchev–Trinajstić information content (AvgIpc) is 2.29. The van der Waals surface area contributed by atoms with E-state index in [9.17, 15) is 5.11 Å². The fourth-order valence-electron chi connectivity index (χ4n) is 1.86. The summed E-state index contributed by atoms with van der Waals surface area (Å²) in [5.74, 6) is 6.12. The van der Waals surface area contributed by atoms with E-state index in [0.29, 0.717) is 12.8 Å². The molecular weight excluding hydrogens is 198 g/mol. The number of nitrogens with one attached hydrogen (secondary N) is 1. The summed E-state index contributed by atoms with van der Waals surface area (Å²) in [6, 6.07) is 8.01. The lowest BCUT2D eigenvalue weighted by atomic mass is 9.92. The molecule has 1 aliphatic rings. The van der Waals surface area contributed by atoms with E-state index in [4.69, 9.17) is 0 Å². The van der Waals surface area contributed by atoms with Crippen molar-refractivity contribution < 1.29 is 5.11 Å². The molecule has 0 unspecified atom stereocenters. The van der Waals surface area contributed by atoms with Crippen LogP contribution in [-0.2, 0) is 0 Å². The first kappa shape index (κ1) is 11.2. The number of aliphatic hydroxyl groups is 1. The van der Waals surface area contributed by atoms with Gasteiger partial charge in [-0.15, -0.1) is 0 Å². The van der Waals surface area contributed by atoms with Crippen molar-refractivity contribution in [1.82, 2.24) is 5.32 Å². The maximum Gasteiger partial charge on any atom is 0.128 e. The molecule has 84 valence electrons. The molecule has 2 nitrogen and oxygen atoms in total. The van der Waals surface area contributed by atoms with Gasteiger partial charge < -0.3 is 10.4 Å². The molecule has 1 aliphatic heterocycles. The van der Waals surface area contributed by atoms with E-state index >= 15 is 0 Å². The number of hydrogen-bond acceptors (Lipinski definition) is 2. The Hall–Kier alpha value is -1.30. The molecule has 0 atom stereocenters. The monoisotopic (exact) mass is 215 g/mol. The summed E-state index contributed by atoms with van der Waals surface area (Å²) in [4.78, 5) is 0. The zero-order valence-corrected chi connectivity index (χ0v) is 9.59. The van der Waals surface area contributed by atoms with E-state index in [1.165, 1.54) is 0 Å². The predicted octanol–water partition coefficient (Wildman–Crippen LogP) is 1.46. The van der Waals surface area contributed by atoms with Crippen molar-refractivity contribution in [3.8, 4) is 11.8 Å². The molecule has 16 heavy (non-hydrogen) atoms. The normalized spacial score (nSPS) is 18.6. The number of rotatable bonds is 0. The first-order chi connectivity index (χ1) is 7.70. The summed E-state index contributed by atoms with van der Waals surface area (Å²) in [5, 5.41) is 13.4. The summed E-state index contributed by atoms with van der Waals surface area (Å²) in [6.45, 7) is 3.73. The fourth-order valence-corrected chi connectivity index (χ4v) is 1.86. The molecule has 0 saturated carbocycles. The van der Waals surface area contributed by atoms with Gasteiger partial charge in [-0.3, -0.25) is 0 Å². The van der Waals surface area contributed by atoms with Gasteiger partial charge in [-0.1, -0.05) is 30.0 Å². The molecule has 1 aromatic rings. The molecule has 0 aliphatic carbocycles. The Labute approximate surface area is 96.7 Å². The van der Waals surface area contributed by atoms with Crippen LogP contribution in [0.25, 0.3) is 0 Å². The van der Waals surface area contributed by atoms with Crippen molar-refractivity contribution >= 4 is 0 Å². The maximum absolute atomic E-state index is 10.2. The maximum atomic E-state index is 10.2. The van der Waals surface area contributed by atoms with Crippen LogP contribution >= 0.6 is 0 Å². The van der Waals surface area contributed by atoms with Gasteiger partial charge in [0.25, 0.3) is 0 Å². The van der Waals surface area contributed by atoms with Crippen LogP contribution in [0.15, 0.2) is 24.3 Å². The average molecular weight is 215 g/mol. The van der Waals surface area contributed by atoms with E-state index in [1.807, 2.05) is 31.2 Å². The van der Waals surface area contributed by atoms with E-state index in [1.54, 1.807) is 0 Å². The molecule has 1 heterocycles. The van der Waals surface area contributed by atoms with Gasteiger partial charge in [-0.25, -0.2) is 0 Å². The summed E-state index contributed by atoms with van der Waals surface area (Å²) in [6.07, 6.45) is 1.43. The lowest BCUT2D eigenvalue weighted by Crippen LogP contribution is -2.40. The fraction of sp³-hybridized carbons (Fsp3) is 0.429. The van der Waals surface area contributed by atoms with Gasteiger partial charge >= 0.3 is 0 Å². The van der Waals surface area contributed by atoms with Gasteiger partial charge in [-0.2, -0.15) is 0 Å². The number of piperidine rings is 1. The molecule has 1 fully saturated rings. The highest BCUT2D eigenvalue weighted by atomic mass is 16.3. The molecule has 0 amide bonds. The van der Waals surface area contributed by atoms with Gasteiger partial charge in [0.1, 0.15) is 5.60 Å². The minimum absolute atomic E-state index is 0.714. The Morgan fingerprint density at radius 3 is 2.62 bits per heavy atom. The van der Waals surface area contributed by atoms with Crippen molar-refractivity contribution in [3.05, 3.63) is 35.4 Å². The molecule has 1 aromatic carbocycles. The van der Waals surface area contributed by atoms with Crippen molar-refractivity contribution in [3.63, 3.8) is 0 Å². The van der Waals surface area contributed by atoms with Crippen LogP contribution in [0.3, 0.4) is 0 Å². The van der Waals surface area contributed by atoms with Gasteiger partial charge in [0.05, 0.1) is 0 Å². The lowest BCUT2D eigenvalue weighted by molar-refractivity contribution is 0.0679. The second-order valence-corrected chi connectivity index (χ2v) is 4.35. The smallest absolute Gasteiger partial charge is 0.128 e. The molecule has 2 heteroatoms. The van der Waals surface area contributed by atoms with Crippen molar-refractivity contribution in [2.75, 3.05) is 13.1 Å². The summed E-state index contributed by atoms with van der Waals surface area (Å²) in [5.41, 5.74) is 1.37. The van der Waals surface area contributed by atoms with E-state index in [2.05, 4.69) is 17.2 Å². The van der Waals surface area contributed by atoms with Crippen LogP contribution < -0.4 is 5.32 Å². The summed E-state index contributed by atoms with van der Waals surface area (Å²) in [7, 11) is 0. The Morgan fingerprint density at radius 2 is 1.94 bits per heavy atom. The number of aryl methyl sites for hydroxylation is 1. The first-order valence-electron chi connectivity index (χ1n) is 5.72. The predicted molar refractivity (Wildman–Crippen MR) is 65.1 cm³/mol. The summed E-state index contributed by atoms with van der Waals surface area (Å²) < 4.78 is 0. The van der Waals surface area contributed by atoms with Crippen molar-refractivity contribution in [1.29, 1.82) is 0 Å². The molecule has 1 saturated heterocycles. The third-order valence-corrected chi connectivity index (χ3v) is 3.01. The first-order valence-corrected chi connectivity index (χ1v) is 5.72. The second kappa shape index (κ2) is 4.69. The third kappa shape index (κ3) is 2.63. The Morgan fingerprint density at radius 1 is 1.25 bits per heavy atom. The van der Waals surface area contributed by atoms with E-state index in [-0.39, 0.29) is 0 Å². The van der Waals surface area contributed by atoms with Crippen molar-refractivity contribution in [2.45, 2.75) is 25.4 Å². The third-order valence-electron chi connectivity index (χ3n) is 3.01. The van der Waals surface area contributed by atoms with Gasteiger partial charge in [-0.05, 0) is 44.5 Å². The topological polar surface area (TPSA) is 32.3 Å². The minimum Gasteiger partial charge on any atom is -0.377 e. The van der Waals surface area contributed by atoms with Gasteiger partial charge in [0.15, 0.2) is 0 Å². The van der Waals surface area contributed by atoms with E-state index in [0.717, 1.165) is 24.2 Å². The Balaban J connectivity index is 2.18. The highest BCUT2D eigenvalue weighted by Gasteiger charge is 2.26. The molecule has 0 spiro atoms. The van der Waals surface area contributed by atoms with Crippen LogP contribution in [0.5, 0.6) is 0 Å². The zero-order valence-electron chi connectivity index (χ0n) is 9.59. The zero-order chi connectivity index (χ0) is 11.4. The van der Waals surface area contributed by atoms with E-state index < -0.39 is 5.60 Å². The van der Waals surface area contributed by atoms with Crippen LogP contribution in [0, 0.1) is 18.8 Å². The largest absolute Gasteiger partial charge is 0.377 e. The Kier molecular flexibility index (Phi) is 3.28. The highest BCUT2D eigenvalue weighted by Crippen LogP contribution is 2.17. The standard InChI is InChI=1S/C14H17NO/c1-12-4-2-3-5-13(12)6-7-14(16)8-10-15-11-9-14/h2-5,15-16H,8-11H2,1H3. The van der Waals surface area contributed by atoms with Crippen LogP contribution in [0.1, 0.15) is 24.0 Å². The minimum atomic E-state index is -0.798. The number of hydrogen-bond donors (Lipinski definition) is 2.